The van der Waals surface area contributed by atoms with Crippen LogP contribution in [0, 0.1) is 17.2 Å². The van der Waals surface area contributed by atoms with Crippen molar-refractivity contribution in [2.45, 2.75) is 33.2 Å². The molecule has 4 nitrogen and oxygen atoms in total. The third-order valence-electron chi connectivity index (χ3n) is 2.37. The third kappa shape index (κ3) is 5.38. The highest BCUT2D eigenvalue weighted by Gasteiger charge is 2.18. The second-order valence-corrected chi connectivity index (χ2v) is 3.94. The minimum Gasteiger partial charge on any atom is -0.355 e. The first-order valence-corrected chi connectivity index (χ1v) is 5.40. The molecule has 0 radical (unpaired) electrons. The zero-order valence-electron chi connectivity index (χ0n) is 10.1. The topological polar surface area (TPSA) is 56.1 Å². The Bertz CT molecular complexity index is 234. The molecule has 0 aliphatic heterocycles. The van der Waals surface area contributed by atoms with Gasteiger partial charge in [-0.25, -0.2) is 0 Å². The van der Waals surface area contributed by atoms with E-state index in [4.69, 9.17) is 5.26 Å². The molecule has 0 saturated heterocycles. The second kappa shape index (κ2) is 7.24. The van der Waals surface area contributed by atoms with Gasteiger partial charge in [0, 0.05) is 13.1 Å². The fourth-order valence-electron chi connectivity index (χ4n) is 1.23. The Morgan fingerprint density at radius 3 is 2.60 bits per heavy atom. The normalized spacial score (nSPS) is 14.4. The van der Waals surface area contributed by atoms with E-state index >= 15 is 0 Å². The van der Waals surface area contributed by atoms with Gasteiger partial charge in [0.15, 0.2) is 0 Å². The van der Waals surface area contributed by atoms with Crippen LogP contribution in [0.2, 0.25) is 0 Å². The summed E-state index contributed by atoms with van der Waals surface area (Å²) in [7, 11) is 1.87. The van der Waals surface area contributed by atoms with Crippen LogP contribution in [0.3, 0.4) is 0 Å². The fraction of sp³-hybridized carbons (Fsp3) is 0.818. The van der Waals surface area contributed by atoms with Crippen molar-refractivity contribution in [3.63, 3.8) is 0 Å². The maximum Gasteiger partial charge on any atom is 0.237 e. The zero-order valence-corrected chi connectivity index (χ0v) is 10.1. The quantitative estimate of drug-likeness (QED) is 0.713. The van der Waals surface area contributed by atoms with Crippen LogP contribution >= 0.6 is 0 Å². The maximum atomic E-state index is 11.6. The molecule has 2 unspecified atom stereocenters. The van der Waals surface area contributed by atoms with E-state index in [1.165, 1.54) is 0 Å². The molecule has 0 heterocycles. The number of likely N-dealkylation sites (N-methyl/N-ethyl adjacent to an activating group) is 1. The standard InChI is InChI=1S/C11H21N3O/c1-5-6-13-11(15)10(3)14(4)8-9(2)7-12/h9-10H,5-6,8H2,1-4H3,(H,13,15). The number of rotatable bonds is 6. The van der Waals surface area contributed by atoms with Gasteiger partial charge in [0.25, 0.3) is 0 Å². The predicted molar refractivity (Wildman–Crippen MR) is 60.2 cm³/mol. The van der Waals surface area contributed by atoms with Crippen molar-refractivity contribution in [3.8, 4) is 6.07 Å². The van der Waals surface area contributed by atoms with Crippen LogP contribution in [0.15, 0.2) is 0 Å². The molecule has 0 aliphatic rings. The summed E-state index contributed by atoms with van der Waals surface area (Å²) in [5.74, 6) is -0.0130. The van der Waals surface area contributed by atoms with Crippen molar-refractivity contribution in [3.05, 3.63) is 0 Å². The number of carbonyl (C=O) groups excluding carboxylic acids is 1. The largest absolute Gasteiger partial charge is 0.355 e. The molecule has 0 rings (SSSR count). The Hall–Kier alpha value is -1.08. The predicted octanol–water partition coefficient (Wildman–Crippen LogP) is 0.993. The summed E-state index contributed by atoms with van der Waals surface area (Å²) < 4.78 is 0. The lowest BCUT2D eigenvalue weighted by molar-refractivity contribution is -0.125. The first kappa shape index (κ1) is 13.9. The highest BCUT2D eigenvalue weighted by molar-refractivity contribution is 5.81. The van der Waals surface area contributed by atoms with Crippen LogP contribution in [0.25, 0.3) is 0 Å². The van der Waals surface area contributed by atoms with E-state index in [1.807, 2.05) is 32.7 Å². The van der Waals surface area contributed by atoms with Crippen LogP contribution in [0.1, 0.15) is 27.2 Å². The number of nitrogens with zero attached hydrogens (tertiary/aromatic N) is 2. The molecule has 4 heteroatoms. The first-order valence-electron chi connectivity index (χ1n) is 5.40. The molecule has 0 aromatic rings. The molecule has 0 aromatic heterocycles. The molecule has 86 valence electrons. The molecule has 0 spiro atoms. The van der Waals surface area contributed by atoms with E-state index < -0.39 is 0 Å². The molecule has 0 fully saturated rings. The van der Waals surface area contributed by atoms with Gasteiger partial charge in [-0.05, 0) is 27.3 Å². The molecule has 15 heavy (non-hydrogen) atoms. The summed E-state index contributed by atoms with van der Waals surface area (Å²) in [4.78, 5) is 13.5. The van der Waals surface area contributed by atoms with E-state index in [0.717, 1.165) is 6.42 Å². The Kier molecular flexibility index (Phi) is 6.72. The van der Waals surface area contributed by atoms with Crippen LogP contribution in [0.5, 0.6) is 0 Å². The molecule has 1 amide bonds. The van der Waals surface area contributed by atoms with Crippen LogP contribution in [-0.2, 0) is 4.79 Å². The van der Waals surface area contributed by atoms with Crippen molar-refractivity contribution in [2.24, 2.45) is 5.92 Å². The Labute approximate surface area is 92.3 Å². The average molecular weight is 211 g/mol. The number of amides is 1. The molecular formula is C11H21N3O. The number of nitriles is 1. The third-order valence-corrected chi connectivity index (χ3v) is 2.37. The Morgan fingerprint density at radius 2 is 2.13 bits per heavy atom. The minimum atomic E-state index is -0.174. The fourth-order valence-corrected chi connectivity index (χ4v) is 1.23. The van der Waals surface area contributed by atoms with Crippen molar-refractivity contribution >= 4 is 5.91 Å². The van der Waals surface area contributed by atoms with Crippen molar-refractivity contribution < 1.29 is 4.79 Å². The summed E-state index contributed by atoms with van der Waals surface area (Å²) in [5, 5.41) is 11.5. The summed E-state index contributed by atoms with van der Waals surface area (Å²) in [5.41, 5.74) is 0. The van der Waals surface area contributed by atoms with Crippen molar-refractivity contribution in [1.29, 1.82) is 5.26 Å². The van der Waals surface area contributed by atoms with Gasteiger partial charge < -0.3 is 5.32 Å². The summed E-state index contributed by atoms with van der Waals surface area (Å²) in [6, 6.07) is 1.99. The zero-order chi connectivity index (χ0) is 11.8. The van der Waals surface area contributed by atoms with Gasteiger partial charge in [-0.15, -0.1) is 0 Å². The van der Waals surface area contributed by atoms with E-state index in [-0.39, 0.29) is 17.9 Å². The van der Waals surface area contributed by atoms with Crippen LogP contribution in [-0.4, -0.2) is 37.0 Å². The highest BCUT2D eigenvalue weighted by Crippen LogP contribution is 2.01. The van der Waals surface area contributed by atoms with E-state index in [1.54, 1.807) is 0 Å². The van der Waals surface area contributed by atoms with Gasteiger partial charge in [-0.2, -0.15) is 5.26 Å². The lowest BCUT2D eigenvalue weighted by Gasteiger charge is -2.24. The van der Waals surface area contributed by atoms with Crippen LogP contribution in [0.4, 0.5) is 0 Å². The van der Waals surface area contributed by atoms with Crippen LogP contribution < -0.4 is 5.32 Å². The number of hydrogen-bond acceptors (Lipinski definition) is 3. The summed E-state index contributed by atoms with van der Waals surface area (Å²) in [6.45, 7) is 7.07. The van der Waals surface area contributed by atoms with Gasteiger partial charge in [0.05, 0.1) is 18.0 Å². The number of hydrogen-bond donors (Lipinski definition) is 1. The van der Waals surface area contributed by atoms with Gasteiger partial charge in [0.1, 0.15) is 0 Å². The molecular weight excluding hydrogens is 190 g/mol. The van der Waals surface area contributed by atoms with E-state index in [0.29, 0.717) is 13.1 Å². The minimum absolute atomic E-state index is 0.0319. The van der Waals surface area contributed by atoms with Gasteiger partial charge >= 0.3 is 0 Å². The van der Waals surface area contributed by atoms with E-state index in [9.17, 15) is 4.79 Å². The monoisotopic (exact) mass is 211 g/mol. The smallest absolute Gasteiger partial charge is 0.237 e. The van der Waals surface area contributed by atoms with Crippen molar-refractivity contribution in [1.82, 2.24) is 10.2 Å². The van der Waals surface area contributed by atoms with Crippen molar-refractivity contribution in [2.75, 3.05) is 20.1 Å². The first-order chi connectivity index (χ1) is 7.02. The highest BCUT2D eigenvalue weighted by atomic mass is 16.2. The molecule has 0 saturated carbocycles. The molecule has 1 N–H and O–H groups in total. The molecule has 0 bridgehead atoms. The summed E-state index contributed by atoms with van der Waals surface area (Å²) in [6.07, 6.45) is 0.941. The SMILES string of the molecule is CCCNC(=O)C(C)N(C)CC(C)C#N. The lowest BCUT2D eigenvalue weighted by Crippen LogP contribution is -2.44. The number of nitrogens with one attached hydrogen (secondary N) is 1. The lowest BCUT2D eigenvalue weighted by atomic mass is 10.1. The second-order valence-electron chi connectivity index (χ2n) is 3.94. The maximum absolute atomic E-state index is 11.6. The van der Waals surface area contributed by atoms with Gasteiger partial charge in [0.2, 0.25) is 5.91 Å². The molecule has 2 atom stereocenters. The summed E-state index contributed by atoms with van der Waals surface area (Å²) >= 11 is 0. The Morgan fingerprint density at radius 1 is 1.53 bits per heavy atom. The number of carbonyl (C=O) groups is 1. The molecule has 0 aromatic carbocycles. The molecule has 0 aliphatic carbocycles. The average Bonchev–Trinajstić information content (AvgIpc) is 2.24. The van der Waals surface area contributed by atoms with Gasteiger partial charge in [-0.3, -0.25) is 9.69 Å². The van der Waals surface area contributed by atoms with E-state index in [2.05, 4.69) is 11.4 Å². The Balaban J connectivity index is 4.02. The van der Waals surface area contributed by atoms with Gasteiger partial charge in [-0.1, -0.05) is 6.92 Å².